The quantitative estimate of drug-likeness (QED) is 0.813. The summed E-state index contributed by atoms with van der Waals surface area (Å²) in [5.41, 5.74) is -0.541. The van der Waals surface area contributed by atoms with E-state index in [1.165, 1.54) is 0 Å². The third-order valence-corrected chi connectivity index (χ3v) is 3.52. The molecule has 2 atom stereocenters. The Morgan fingerprint density at radius 2 is 1.92 bits per heavy atom. The van der Waals surface area contributed by atoms with Crippen LogP contribution in [0.3, 0.4) is 0 Å². The second-order valence-electron chi connectivity index (χ2n) is 8.28. The second kappa shape index (κ2) is 8.01. The van der Waals surface area contributed by atoms with Gasteiger partial charge in [0.1, 0.15) is 17.4 Å². The third-order valence-electron chi connectivity index (χ3n) is 3.52. The number of amides is 1. The number of carbonyl (C=O) groups excluding carboxylic acids is 1. The first-order chi connectivity index (χ1) is 10.9. The summed E-state index contributed by atoms with van der Waals surface area (Å²) in [6, 6.07) is -0.312. The van der Waals surface area contributed by atoms with Crippen LogP contribution in [0.1, 0.15) is 79.5 Å². The molecule has 6 nitrogen and oxygen atoms in total. The molecule has 138 valence electrons. The molecule has 0 aromatic carbocycles. The summed E-state index contributed by atoms with van der Waals surface area (Å²) in [4.78, 5) is 16.5. The van der Waals surface area contributed by atoms with Gasteiger partial charge in [0.15, 0.2) is 0 Å². The predicted molar refractivity (Wildman–Crippen MR) is 94.7 cm³/mol. The summed E-state index contributed by atoms with van der Waals surface area (Å²) in [5, 5.41) is 6.25. The zero-order valence-electron chi connectivity index (χ0n) is 16.3. The zero-order chi connectivity index (χ0) is 18.5. The number of alkyl carbamates (subject to hydrolysis) is 1. The summed E-state index contributed by atoms with van der Waals surface area (Å²) in [5.74, 6) is 1.44. The van der Waals surface area contributed by atoms with E-state index in [0.717, 1.165) is 12.2 Å². The Bertz CT molecular complexity index is 526. The number of nitrogens with zero attached hydrogens (tertiary/aromatic N) is 1. The summed E-state index contributed by atoms with van der Waals surface area (Å²) in [6.45, 7) is 16.5. The highest BCUT2D eigenvalue weighted by Gasteiger charge is 2.27. The van der Waals surface area contributed by atoms with Crippen molar-refractivity contribution in [1.29, 1.82) is 0 Å². The second-order valence-corrected chi connectivity index (χ2v) is 8.28. The molecular weight excluding hydrogens is 306 g/mol. The average Bonchev–Trinajstić information content (AvgIpc) is 2.87. The van der Waals surface area contributed by atoms with Crippen LogP contribution in [-0.2, 0) is 11.3 Å². The molecule has 6 heteroatoms. The van der Waals surface area contributed by atoms with E-state index in [0.29, 0.717) is 12.4 Å². The Hall–Kier alpha value is -1.56. The van der Waals surface area contributed by atoms with E-state index in [4.69, 9.17) is 9.15 Å². The maximum Gasteiger partial charge on any atom is 0.408 e. The molecule has 24 heavy (non-hydrogen) atoms. The van der Waals surface area contributed by atoms with Crippen LogP contribution in [0.4, 0.5) is 4.79 Å². The molecular formula is C18H33N3O3. The van der Waals surface area contributed by atoms with E-state index in [2.05, 4.69) is 50.2 Å². The highest BCUT2D eigenvalue weighted by Crippen LogP contribution is 2.25. The molecule has 1 aromatic rings. The first-order valence-corrected chi connectivity index (χ1v) is 8.60. The van der Waals surface area contributed by atoms with E-state index < -0.39 is 11.7 Å². The Balaban J connectivity index is 2.82. The van der Waals surface area contributed by atoms with Gasteiger partial charge in [-0.3, -0.25) is 0 Å². The van der Waals surface area contributed by atoms with Crippen molar-refractivity contribution in [3.05, 3.63) is 17.8 Å². The molecule has 1 amide bonds. The average molecular weight is 339 g/mol. The van der Waals surface area contributed by atoms with Crippen LogP contribution in [0.2, 0.25) is 0 Å². The van der Waals surface area contributed by atoms with E-state index in [-0.39, 0.29) is 17.5 Å². The number of oxazole rings is 1. The first-order valence-electron chi connectivity index (χ1n) is 8.60. The van der Waals surface area contributed by atoms with Gasteiger partial charge in [-0.2, -0.15) is 0 Å². The van der Waals surface area contributed by atoms with Gasteiger partial charge in [-0.15, -0.1) is 0 Å². The van der Waals surface area contributed by atoms with Crippen LogP contribution in [0.5, 0.6) is 0 Å². The molecule has 1 heterocycles. The molecule has 0 fully saturated rings. The van der Waals surface area contributed by atoms with Gasteiger partial charge in [0.05, 0.1) is 12.7 Å². The number of ether oxygens (including phenoxy) is 1. The predicted octanol–water partition coefficient (Wildman–Crippen LogP) is 4.17. The SMILES string of the molecule is CC[C@H](C)[C@H](NC(=O)OC(C)(C)C)c1ncc(CNC(C)(C)C)o1. The number of hydrogen-bond donors (Lipinski definition) is 2. The number of carbonyl (C=O) groups is 1. The van der Waals surface area contributed by atoms with Crippen LogP contribution < -0.4 is 10.6 Å². The van der Waals surface area contributed by atoms with Crippen LogP contribution in [0, 0.1) is 5.92 Å². The van der Waals surface area contributed by atoms with E-state index >= 15 is 0 Å². The molecule has 0 unspecified atom stereocenters. The molecule has 2 N–H and O–H groups in total. The van der Waals surface area contributed by atoms with Crippen LogP contribution in [-0.4, -0.2) is 22.2 Å². The number of nitrogens with one attached hydrogen (secondary N) is 2. The molecule has 0 bridgehead atoms. The van der Waals surface area contributed by atoms with Crippen molar-refractivity contribution in [2.45, 2.75) is 85.5 Å². The fourth-order valence-corrected chi connectivity index (χ4v) is 2.02. The monoisotopic (exact) mass is 339 g/mol. The van der Waals surface area contributed by atoms with Crippen molar-refractivity contribution in [3.63, 3.8) is 0 Å². The molecule has 1 rings (SSSR count). The maximum absolute atomic E-state index is 12.1. The van der Waals surface area contributed by atoms with E-state index in [9.17, 15) is 4.79 Å². The van der Waals surface area contributed by atoms with Gasteiger partial charge in [-0.05, 0) is 47.5 Å². The van der Waals surface area contributed by atoms with Crippen molar-refractivity contribution < 1.29 is 13.9 Å². The van der Waals surface area contributed by atoms with Crippen LogP contribution >= 0.6 is 0 Å². The number of aromatic nitrogens is 1. The molecule has 1 aromatic heterocycles. The van der Waals surface area contributed by atoms with E-state index in [1.807, 2.05) is 20.8 Å². The highest BCUT2D eigenvalue weighted by molar-refractivity contribution is 5.68. The zero-order valence-corrected chi connectivity index (χ0v) is 16.3. The smallest absolute Gasteiger partial charge is 0.408 e. The first kappa shape index (κ1) is 20.5. The molecule has 0 aliphatic carbocycles. The Labute approximate surface area is 145 Å². The molecule has 0 spiro atoms. The van der Waals surface area contributed by atoms with Crippen molar-refractivity contribution >= 4 is 6.09 Å². The van der Waals surface area contributed by atoms with Gasteiger partial charge in [-0.25, -0.2) is 9.78 Å². The number of hydrogen-bond acceptors (Lipinski definition) is 5. The van der Waals surface area contributed by atoms with Crippen LogP contribution in [0.15, 0.2) is 10.6 Å². The van der Waals surface area contributed by atoms with Crippen molar-refractivity contribution in [2.75, 3.05) is 0 Å². The Morgan fingerprint density at radius 1 is 1.29 bits per heavy atom. The normalized spacial score (nSPS) is 15.0. The third kappa shape index (κ3) is 7.34. The summed E-state index contributed by atoms with van der Waals surface area (Å²) in [6.07, 6.45) is 2.14. The van der Waals surface area contributed by atoms with E-state index in [1.54, 1.807) is 6.20 Å². The topological polar surface area (TPSA) is 76.4 Å². The summed E-state index contributed by atoms with van der Waals surface area (Å²) >= 11 is 0. The minimum atomic E-state index is -0.539. The van der Waals surface area contributed by atoms with Crippen molar-refractivity contribution in [2.24, 2.45) is 5.92 Å². The van der Waals surface area contributed by atoms with Gasteiger partial charge in [0.25, 0.3) is 0 Å². The Kier molecular flexibility index (Phi) is 6.84. The molecule has 0 saturated heterocycles. The minimum Gasteiger partial charge on any atom is -0.444 e. The Morgan fingerprint density at radius 3 is 2.42 bits per heavy atom. The molecule has 0 aliphatic rings. The summed E-state index contributed by atoms with van der Waals surface area (Å²) in [7, 11) is 0. The van der Waals surface area contributed by atoms with Crippen LogP contribution in [0.25, 0.3) is 0 Å². The van der Waals surface area contributed by atoms with Gasteiger partial charge < -0.3 is 19.8 Å². The standard InChI is InChI=1S/C18H33N3O3/c1-9-12(2)14(21-16(22)24-18(6,7)8)15-19-10-13(23-15)11-20-17(3,4)5/h10,12,14,20H,9,11H2,1-8H3,(H,21,22)/t12-,14-/m0/s1. The fourth-order valence-electron chi connectivity index (χ4n) is 2.02. The molecule has 0 radical (unpaired) electrons. The van der Waals surface area contributed by atoms with Gasteiger partial charge in [-0.1, -0.05) is 20.3 Å². The summed E-state index contributed by atoms with van der Waals surface area (Å²) < 4.78 is 11.2. The lowest BCUT2D eigenvalue weighted by atomic mass is 9.99. The lowest BCUT2D eigenvalue weighted by molar-refractivity contribution is 0.0474. The van der Waals surface area contributed by atoms with Crippen molar-refractivity contribution in [3.8, 4) is 0 Å². The highest BCUT2D eigenvalue weighted by atomic mass is 16.6. The number of rotatable bonds is 6. The molecule has 0 saturated carbocycles. The largest absolute Gasteiger partial charge is 0.444 e. The molecule has 0 aliphatic heterocycles. The van der Waals surface area contributed by atoms with Gasteiger partial charge in [0.2, 0.25) is 5.89 Å². The lowest BCUT2D eigenvalue weighted by Gasteiger charge is -2.25. The fraction of sp³-hybridized carbons (Fsp3) is 0.778. The van der Waals surface area contributed by atoms with Gasteiger partial charge >= 0.3 is 6.09 Å². The minimum absolute atomic E-state index is 0.00215. The maximum atomic E-state index is 12.1. The van der Waals surface area contributed by atoms with Gasteiger partial charge in [0, 0.05) is 5.54 Å². The lowest BCUT2D eigenvalue weighted by Crippen LogP contribution is -2.37. The van der Waals surface area contributed by atoms with Crippen molar-refractivity contribution in [1.82, 2.24) is 15.6 Å².